The van der Waals surface area contributed by atoms with Crippen molar-refractivity contribution in [2.24, 2.45) is 17.6 Å². The number of hydrogen-bond donors (Lipinski definition) is 5. The molecule has 0 aliphatic carbocycles. The second-order valence-corrected chi connectivity index (χ2v) is 6.51. The molecule has 2 rings (SSSR count). The van der Waals surface area contributed by atoms with Gasteiger partial charge in [-0.05, 0) is 14.0 Å². The highest BCUT2D eigenvalue weighted by molar-refractivity contribution is 8.03. The average Bonchev–Trinajstić information content (AvgIpc) is 2.69. The third-order valence-corrected chi connectivity index (χ3v) is 5.12. The Hall–Kier alpha value is -1.58. The van der Waals surface area contributed by atoms with Gasteiger partial charge < -0.3 is 21.3 Å². The van der Waals surface area contributed by atoms with Gasteiger partial charge >= 0.3 is 5.97 Å². The minimum Gasteiger partial charge on any atom is -0.477 e. The van der Waals surface area contributed by atoms with E-state index in [-0.39, 0.29) is 11.5 Å². The zero-order chi connectivity index (χ0) is 16.6. The summed E-state index contributed by atoms with van der Waals surface area (Å²) in [6.07, 6.45) is -0.910. The normalized spacial score (nSPS) is 28.4. The molecular formula is C13H20N4O4S. The molecule has 0 bridgehead atoms. The lowest BCUT2D eigenvalue weighted by molar-refractivity contribution is -0.162. The largest absolute Gasteiger partial charge is 0.477 e. The summed E-state index contributed by atoms with van der Waals surface area (Å²) < 4.78 is 0. The molecule has 1 fully saturated rings. The highest BCUT2D eigenvalue weighted by atomic mass is 32.2. The summed E-state index contributed by atoms with van der Waals surface area (Å²) in [5.74, 6) is -2.60. The summed E-state index contributed by atoms with van der Waals surface area (Å²) in [4.78, 5) is 25.4. The number of carbonyl (C=O) groups excluding carboxylic acids is 1. The third-order valence-electron chi connectivity index (χ3n) is 3.95. The molecule has 0 aromatic carbocycles. The molecule has 1 amide bonds. The van der Waals surface area contributed by atoms with E-state index >= 15 is 0 Å². The van der Waals surface area contributed by atoms with Gasteiger partial charge in [0.25, 0.3) is 0 Å². The number of nitrogens with two attached hydrogens (primary N) is 1. The molecule has 9 heteroatoms. The number of amides is 1. The summed E-state index contributed by atoms with van der Waals surface area (Å²) in [5.41, 5.74) is 5.55. The monoisotopic (exact) mass is 328 g/mol. The first-order valence-corrected chi connectivity index (χ1v) is 7.91. The Kier molecular flexibility index (Phi) is 4.78. The van der Waals surface area contributed by atoms with Crippen LogP contribution < -0.4 is 11.1 Å². The number of nitrogens with one attached hydrogen (secondary N) is 2. The molecular weight excluding hydrogens is 308 g/mol. The second-order valence-electron chi connectivity index (χ2n) is 5.37. The fourth-order valence-electron chi connectivity index (χ4n) is 3.02. The molecule has 2 aliphatic heterocycles. The van der Waals surface area contributed by atoms with Crippen molar-refractivity contribution in [3.63, 3.8) is 0 Å². The Bertz CT molecular complexity index is 548. The van der Waals surface area contributed by atoms with Crippen molar-refractivity contribution in [1.29, 1.82) is 5.41 Å². The highest BCUT2D eigenvalue weighted by Gasteiger charge is 2.62. The fourth-order valence-corrected chi connectivity index (χ4v) is 4.31. The van der Waals surface area contributed by atoms with Crippen molar-refractivity contribution in [3.8, 4) is 0 Å². The lowest BCUT2D eigenvalue weighted by atomic mass is 9.78. The molecule has 0 radical (unpaired) electrons. The third kappa shape index (κ3) is 2.49. The number of nitrogens with zero attached hydrogens (tertiary/aromatic N) is 1. The van der Waals surface area contributed by atoms with E-state index in [1.54, 1.807) is 7.05 Å². The van der Waals surface area contributed by atoms with Crippen LogP contribution >= 0.6 is 11.8 Å². The predicted molar refractivity (Wildman–Crippen MR) is 82.3 cm³/mol. The van der Waals surface area contributed by atoms with Crippen LogP contribution in [0.3, 0.4) is 0 Å². The Morgan fingerprint density at radius 2 is 2.23 bits per heavy atom. The zero-order valence-corrected chi connectivity index (χ0v) is 13.2. The average molecular weight is 328 g/mol. The first-order valence-electron chi connectivity index (χ1n) is 6.92. The number of thioether (sulfide) groups is 1. The SMILES string of the molecule is CNCCSC1=C(C(=O)O)N2C(=O)[C@H]([C@@H](C)O)[C@@H]2C1C(=N)N. The number of fused-ring (bicyclic) bond motifs is 1. The molecule has 0 spiro atoms. The number of rotatable bonds is 7. The Morgan fingerprint density at radius 1 is 1.59 bits per heavy atom. The van der Waals surface area contributed by atoms with E-state index in [9.17, 15) is 19.8 Å². The van der Waals surface area contributed by atoms with Crippen LogP contribution in [0.4, 0.5) is 0 Å². The second kappa shape index (κ2) is 6.27. The molecule has 0 aromatic rings. The molecule has 1 unspecified atom stereocenters. The van der Waals surface area contributed by atoms with E-state index < -0.39 is 35.9 Å². The van der Waals surface area contributed by atoms with E-state index in [0.29, 0.717) is 17.2 Å². The molecule has 2 aliphatic rings. The van der Waals surface area contributed by atoms with Crippen LogP contribution in [-0.4, -0.2) is 64.3 Å². The van der Waals surface area contributed by atoms with Gasteiger partial charge in [-0.1, -0.05) is 0 Å². The molecule has 8 nitrogen and oxygen atoms in total. The standard InChI is InChI=1S/C13H20N4O4S/c1-5(18)6-8-7(11(14)15)10(22-4-3-16-2)9(13(20)21)17(8)12(6)19/h5-8,16,18H,3-4H2,1-2H3,(H3,14,15)(H,20,21)/t5-,6-,7?,8-/m1/s1. The van der Waals surface area contributed by atoms with E-state index in [4.69, 9.17) is 11.1 Å². The number of carbonyl (C=O) groups is 2. The predicted octanol–water partition coefficient (Wildman–Crippen LogP) is -0.991. The molecule has 6 N–H and O–H groups in total. The first-order chi connectivity index (χ1) is 10.3. The van der Waals surface area contributed by atoms with E-state index in [1.807, 2.05) is 0 Å². The maximum atomic E-state index is 12.2. The van der Waals surface area contributed by atoms with Crippen LogP contribution in [0.1, 0.15) is 6.92 Å². The summed E-state index contributed by atoms with van der Waals surface area (Å²) in [6, 6.07) is -0.576. The molecule has 0 saturated carbocycles. The topological polar surface area (TPSA) is 140 Å². The minimum atomic E-state index is -1.21. The highest BCUT2D eigenvalue weighted by Crippen LogP contribution is 2.50. The number of aliphatic hydroxyl groups excluding tert-OH is 1. The van der Waals surface area contributed by atoms with Crippen molar-refractivity contribution in [1.82, 2.24) is 10.2 Å². The fraction of sp³-hybridized carbons (Fsp3) is 0.615. The van der Waals surface area contributed by atoms with Gasteiger partial charge in [-0.25, -0.2) is 4.79 Å². The van der Waals surface area contributed by atoms with Crippen molar-refractivity contribution in [2.45, 2.75) is 19.1 Å². The lowest BCUT2D eigenvalue weighted by Crippen LogP contribution is -2.65. The number of carboxylic acid groups (broad SMARTS) is 1. The van der Waals surface area contributed by atoms with Gasteiger partial charge in [-0.2, -0.15) is 0 Å². The Labute approximate surface area is 132 Å². The van der Waals surface area contributed by atoms with E-state index in [1.165, 1.54) is 23.6 Å². The van der Waals surface area contributed by atoms with Crippen molar-refractivity contribution >= 4 is 29.5 Å². The van der Waals surface area contributed by atoms with Crippen LogP contribution in [-0.2, 0) is 9.59 Å². The minimum absolute atomic E-state index is 0.104. The number of hydrogen-bond acceptors (Lipinski definition) is 6. The Balaban J connectivity index is 2.39. The smallest absolute Gasteiger partial charge is 0.353 e. The zero-order valence-electron chi connectivity index (χ0n) is 12.4. The molecule has 22 heavy (non-hydrogen) atoms. The summed E-state index contributed by atoms with van der Waals surface area (Å²) >= 11 is 1.28. The number of amidine groups is 1. The van der Waals surface area contributed by atoms with Gasteiger partial charge in [0.1, 0.15) is 11.5 Å². The molecule has 2 heterocycles. The maximum absolute atomic E-state index is 12.2. The Morgan fingerprint density at radius 3 is 2.68 bits per heavy atom. The summed E-state index contributed by atoms with van der Waals surface area (Å²) in [6.45, 7) is 2.15. The van der Waals surface area contributed by atoms with Crippen molar-refractivity contribution in [2.75, 3.05) is 19.3 Å². The molecule has 122 valence electrons. The molecule has 1 saturated heterocycles. The number of aliphatic carboxylic acids is 1. The van der Waals surface area contributed by atoms with Gasteiger partial charge in [0.2, 0.25) is 5.91 Å². The van der Waals surface area contributed by atoms with E-state index in [2.05, 4.69) is 5.32 Å². The summed E-state index contributed by atoms with van der Waals surface area (Å²) in [5, 5.41) is 30.0. The van der Waals surface area contributed by atoms with Gasteiger partial charge in [-0.15, -0.1) is 11.8 Å². The van der Waals surface area contributed by atoms with Crippen LogP contribution in [0.2, 0.25) is 0 Å². The number of β-lactam (4-membered cyclic amide) rings is 1. The van der Waals surface area contributed by atoms with Crippen molar-refractivity contribution < 1.29 is 19.8 Å². The first kappa shape index (κ1) is 16.8. The lowest BCUT2D eigenvalue weighted by Gasteiger charge is -2.46. The van der Waals surface area contributed by atoms with E-state index in [0.717, 1.165) is 0 Å². The van der Waals surface area contributed by atoms with Gasteiger partial charge in [-0.3, -0.25) is 15.1 Å². The van der Waals surface area contributed by atoms with Crippen LogP contribution in [0, 0.1) is 17.2 Å². The molecule has 0 aromatic heterocycles. The number of aliphatic hydroxyl groups is 1. The quantitative estimate of drug-likeness (QED) is 0.175. The number of carboxylic acids is 1. The van der Waals surface area contributed by atoms with Crippen LogP contribution in [0.5, 0.6) is 0 Å². The van der Waals surface area contributed by atoms with Crippen molar-refractivity contribution in [3.05, 3.63) is 10.6 Å². The summed E-state index contributed by atoms with van der Waals surface area (Å²) in [7, 11) is 1.78. The van der Waals surface area contributed by atoms with Gasteiger partial charge in [0.05, 0.1) is 24.0 Å². The van der Waals surface area contributed by atoms with Crippen LogP contribution in [0.15, 0.2) is 10.6 Å². The van der Waals surface area contributed by atoms with Gasteiger partial charge in [0, 0.05) is 17.2 Å². The molecule has 4 atom stereocenters. The maximum Gasteiger partial charge on any atom is 0.353 e. The van der Waals surface area contributed by atoms with Gasteiger partial charge in [0.15, 0.2) is 0 Å². The van der Waals surface area contributed by atoms with Crippen LogP contribution in [0.25, 0.3) is 0 Å².